The molecule has 2 heterocycles. The molecule has 3 N–H and O–H groups in total. The van der Waals surface area contributed by atoms with E-state index in [1.165, 1.54) is 15.6 Å². The van der Waals surface area contributed by atoms with Crippen LogP contribution in [0.2, 0.25) is 5.02 Å². The first-order valence-corrected chi connectivity index (χ1v) is 6.03. The maximum absolute atomic E-state index is 12.2. The molecule has 20 heavy (non-hydrogen) atoms. The fraction of sp³-hybridized carbons (Fsp3) is 0.273. The summed E-state index contributed by atoms with van der Waals surface area (Å²) in [6.45, 7) is 1.69. The molecule has 2 amide bonds. The van der Waals surface area contributed by atoms with Crippen LogP contribution in [0.4, 0.5) is 5.69 Å². The molecule has 8 nitrogen and oxygen atoms in total. The molecule has 2 aromatic heterocycles. The van der Waals surface area contributed by atoms with E-state index in [9.17, 15) is 9.59 Å². The van der Waals surface area contributed by atoms with Crippen LogP contribution in [0.25, 0.3) is 0 Å². The van der Waals surface area contributed by atoms with Gasteiger partial charge in [-0.05, 0) is 6.92 Å². The van der Waals surface area contributed by atoms with Gasteiger partial charge >= 0.3 is 0 Å². The van der Waals surface area contributed by atoms with E-state index in [2.05, 4.69) is 15.5 Å². The summed E-state index contributed by atoms with van der Waals surface area (Å²) >= 11 is 6.03. The Morgan fingerprint density at radius 3 is 2.50 bits per heavy atom. The second kappa shape index (κ2) is 4.97. The van der Waals surface area contributed by atoms with Gasteiger partial charge in [0.15, 0.2) is 5.69 Å². The van der Waals surface area contributed by atoms with E-state index in [1.54, 1.807) is 21.0 Å². The first-order chi connectivity index (χ1) is 9.31. The van der Waals surface area contributed by atoms with Crippen molar-refractivity contribution in [2.45, 2.75) is 6.92 Å². The summed E-state index contributed by atoms with van der Waals surface area (Å²) in [5.74, 6) is -1.22. The van der Waals surface area contributed by atoms with E-state index >= 15 is 0 Å². The fourth-order valence-corrected chi connectivity index (χ4v) is 2.07. The SMILES string of the molecule is Cc1nn(C)c(C(=O)Nc2cn(C)nc2C(N)=O)c1Cl. The molecule has 9 heteroatoms. The molecule has 0 aliphatic rings. The van der Waals surface area contributed by atoms with Crippen molar-refractivity contribution in [2.24, 2.45) is 19.8 Å². The van der Waals surface area contributed by atoms with Gasteiger partial charge in [-0.1, -0.05) is 11.6 Å². The highest BCUT2D eigenvalue weighted by molar-refractivity contribution is 6.34. The zero-order valence-electron chi connectivity index (χ0n) is 11.1. The molecule has 0 aromatic carbocycles. The van der Waals surface area contributed by atoms with E-state index in [1.807, 2.05) is 0 Å². The summed E-state index contributed by atoms with van der Waals surface area (Å²) in [4.78, 5) is 23.5. The molecule has 106 valence electrons. The molecular weight excluding hydrogens is 284 g/mol. The highest BCUT2D eigenvalue weighted by Crippen LogP contribution is 2.21. The summed E-state index contributed by atoms with van der Waals surface area (Å²) in [5, 5.41) is 10.7. The molecule has 0 aliphatic carbocycles. The lowest BCUT2D eigenvalue weighted by atomic mass is 10.3. The predicted molar refractivity (Wildman–Crippen MR) is 72.6 cm³/mol. The van der Waals surface area contributed by atoms with Crippen LogP contribution in [-0.2, 0) is 14.1 Å². The Bertz CT molecular complexity index is 702. The monoisotopic (exact) mass is 296 g/mol. The van der Waals surface area contributed by atoms with E-state index < -0.39 is 11.8 Å². The molecule has 0 radical (unpaired) electrons. The molecule has 2 rings (SSSR count). The van der Waals surface area contributed by atoms with E-state index in [4.69, 9.17) is 17.3 Å². The largest absolute Gasteiger partial charge is 0.364 e. The first kappa shape index (κ1) is 14.1. The Morgan fingerprint density at radius 1 is 1.35 bits per heavy atom. The Hall–Kier alpha value is -2.35. The number of rotatable bonds is 3. The van der Waals surface area contributed by atoms with Crippen molar-refractivity contribution < 1.29 is 9.59 Å². The van der Waals surface area contributed by atoms with Crippen LogP contribution in [0.1, 0.15) is 26.7 Å². The van der Waals surface area contributed by atoms with Crippen LogP contribution in [0.15, 0.2) is 6.20 Å². The molecule has 0 fully saturated rings. The lowest BCUT2D eigenvalue weighted by Crippen LogP contribution is -2.20. The van der Waals surface area contributed by atoms with Gasteiger partial charge in [-0.25, -0.2) is 0 Å². The number of hydrogen-bond donors (Lipinski definition) is 2. The third kappa shape index (κ3) is 2.37. The van der Waals surface area contributed by atoms with Crippen LogP contribution in [-0.4, -0.2) is 31.4 Å². The molecule has 0 bridgehead atoms. The average molecular weight is 297 g/mol. The van der Waals surface area contributed by atoms with E-state index in [0.29, 0.717) is 5.69 Å². The van der Waals surface area contributed by atoms with E-state index in [-0.39, 0.29) is 22.1 Å². The third-order valence-electron chi connectivity index (χ3n) is 2.67. The van der Waals surface area contributed by atoms with Crippen LogP contribution >= 0.6 is 11.6 Å². The first-order valence-electron chi connectivity index (χ1n) is 5.65. The van der Waals surface area contributed by atoms with Gasteiger partial charge in [0.2, 0.25) is 0 Å². The van der Waals surface area contributed by atoms with Gasteiger partial charge < -0.3 is 11.1 Å². The van der Waals surface area contributed by atoms with Crippen molar-refractivity contribution in [3.8, 4) is 0 Å². The lowest BCUT2D eigenvalue weighted by molar-refractivity contribution is 0.0995. The van der Waals surface area contributed by atoms with Crippen molar-refractivity contribution in [1.29, 1.82) is 0 Å². The number of primary amides is 1. The number of carbonyl (C=O) groups is 2. The zero-order chi connectivity index (χ0) is 15.0. The van der Waals surface area contributed by atoms with Crippen molar-refractivity contribution in [2.75, 3.05) is 5.32 Å². The molecule has 0 aliphatic heterocycles. The summed E-state index contributed by atoms with van der Waals surface area (Å²) in [6, 6.07) is 0. The van der Waals surface area contributed by atoms with Crippen molar-refractivity contribution in [1.82, 2.24) is 19.6 Å². The predicted octanol–water partition coefficient (Wildman–Crippen LogP) is 0.467. The van der Waals surface area contributed by atoms with Crippen LogP contribution in [0.5, 0.6) is 0 Å². The number of nitrogens with zero attached hydrogens (tertiary/aromatic N) is 4. The molecule has 0 saturated heterocycles. The molecule has 0 spiro atoms. The van der Waals surface area contributed by atoms with Gasteiger partial charge in [0, 0.05) is 20.3 Å². The summed E-state index contributed by atoms with van der Waals surface area (Å²) in [5.41, 5.74) is 6.14. The van der Waals surface area contributed by atoms with Gasteiger partial charge in [0.25, 0.3) is 11.8 Å². The number of anilines is 1. The normalized spacial score (nSPS) is 10.6. The smallest absolute Gasteiger partial charge is 0.275 e. The van der Waals surface area contributed by atoms with Gasteiger partial charge in [-0.15, -0.1) is 0 Å². The Balaban J connectivity index is 2.35. The number of aryl methyl sites for hydroxylation is 3. The standard InChI is InChI=1S/C11H13ClN6O2/c1-5-7(12)9(18(3)15-5)11(20)14-6-4-17(2)16-8(6)10(13)19/h4H,1-3H3,(H2,13,19)(H,14,20). The minimum Gasteiger partial charge on any atom is -0.364 e. The van der Waals surface area contributed by atoms with Crippen molar-refractivity contribution in [3.05, 3.63) is 28.3 Å². The number of aromatic nitrogens is 4. The maximum atomic E-state index is 12.2. The molecule has 0 unspecified atom stereocenters. The van der Waals surface area contributed by atoms with Gasteiger partial charge in [-0.2, -0.15) is 10.2 Å². The van der Waals surface area contributed by atoms with Crippen molar-refractivity contribution >= 4 is 29.1 Å². The number of nitrogens with one attached hydrogen (secondary N) is 1. The molecule has 0 saturated carbocycles. The summed E-state index contributed by atoms with van der Waals surface area (Å²) in [7, 11) is 3.22. The minimum atomic E-state index is -0.729. The number of nitrogens with two attached hydrogens (primary N) is 1. The molecule has 0 atom stereocenters. The second-order valence-electron chi connectivity index (χ2n) is 4.26. The van der Waals surface area contributed by atoms with E-state index in [0.717, 1.165) is 0 Å². The van der Waals surface area contributed by atoms with Crippen LogP contribution in [0, 0.1) is 6.92 Å². The Kier molecular flexibility index (Phi) is 3.49. The van der Waals surface area contributed by atoms with Crippen LogP contribution < -0.4 is 11.1 Å². The fourth-order valence-electron chi connectivity index (χ4n) is 1.82. The lowest BCUT2D eigenvalue weighted by Gasteiger charge is -2.04. The minimum absolute atomic E-state index is 0.0177. The number of carbonyl (C=O) groups excluding carboxylic acids is 2. The number of amides is 2. The Morgan fingerprint density at radius 2 is 2.00 bits per heavy atom. The third-order valence-corrected chi connectivity index (χ3v) is 3.13. The van der Waals surface area contributed by atoms with Gasteiger partial charge in [0.05, 0.1) is 16.4 Å². The van der Waals surface area contributed by atoms with Gasteiger partial charge in [0.1, 0.15) is 5.69 Å². The van der Waals surface area contributed by atoms with Crippen LogP contribution in [0.3, 0.4) is 0 Å². The quantitative estimate of drug-likeness (QED) is 0.858. The molecule has 2 aromatic rings. The maximum Gasteiger partial charge on any atom is 0.275 e. The zero-order valence-corrected chi connectivity index (χ0v) is 11.9. The topological polar surface area (TPSA) is 108 Å². The second-order valence-corrected chi connectivity index (χ2v) is 4.63. The average Bonchev–Trinajstić information content (AvgIpc) is 2.80. The molecular formula is C11H13ClN6O2. The van der Waals surface area contributed by atoms with Gasteiger partial charge in [-0.3, -0.25) is 19.0 Å². The number of hydrogen-bond acceptors (Lipinski definition) is 4. The van der Waals surface area contributed by atoms with Crippen molar-refractivity contribution in [3.63, 3.8) is 0 Å². The Labute approximate surface area is 119 Å². The summed E-state index contributed by atoms with van der Waals surface area (Å²) in [6.07, 6.45) is 1.48. The highest BCUT2D eigenvalue weighted by atomic mass is 35.5. The highest BCUT2D eigenvalue weighted by Gasteiger charge is 2.21. The number of halogens is 1. The summed E-state index contributed by atoms with van der Waals surface area (Å²) < 4.78 is 2.75.